The molecule has 3 aromatic carbocycles. The number of Topliss-reactive ketones (excluding diaryl/α,β-unsaturated/α-hetero) is 3. The van der Waals surface area contributed by atoms with Crippen molar-refractivity contribution in [2.75, 3.05) is 78.9 Å². The number of aliphatic hydroxyl groups is 1. The standard InChI is InChI=1S/C18H25NO2S.C15H21NO3.C15H21NO2S/c20-17(16-6-4-15(14-22)5-7-16)18(8-2-1-3-9-18)19-10-12-21-13-11-19;1-15(2,16-7-9-19-10-8-16)14(18)13-5-3-12(11-17)4-6-13;1-15(2,16-7-9-18-10-8-16)14(17)13-5-3-12(11-19)4-6-13/h4-7,22H,1-3,8-14H2;3-6,17H,7-11H2,1-2H3;3-6,19H,7-11H2,1-2H3. The summed E-state index contributed by atoms with van der Waals surface area (Å²) in [5.74, 6) is 1.99. The van der Waals surface area contributed by atoms with Crippen LogP contribution in [0.3, 0.4) is 0 Å². The number of thiol groups is 2. The number of morpholine rings is 3. The zero-order chi connectivity index (χ0) is 43.2. The van der Waals surface area contributed by atoms with E-state index in [9.17, 15) is 14.4 Å². The molecule has 7 rings (SSSR count). The van der Waals surface area contributed by atoms with Gasteiger partial charge in [-0.25, -0.2) is 0 Å². The van der Waals surface area contributed by atoms with Gasteiger partial charge in [0.1, 0.15) is 0 Å². The van der Waals surface area contributed by atoms with Crippen LogP contribution in [0.1, 0.15) is 108 Å². The van der Waals surface area contributed by atoms with Crippen LogP contribution in [0.5, 0.6) is 0 Å². The third kappa shape index (κ3) is 12.2. The summed E-state index contributed by atoms with van der Waals surface area (Å²) in [4.78, 5) is 45.4. The summed E-state index contributed by atoms with van der Waals surface area (Å²) < 4.78 is 16.2. The number of rotatable bonds is 12. The van der Waals surface area contributed by atoms with Crippen LogP contribution in [-0.2, 0) is 32.3 Å². The molecule has 60 heavy (non-hydrogen) atoms. The van der Waals surface area contributed by atoms with Gasteiger partial charge in [-0.1, -0.05) is 92.1 Å². The van der Waals surface area contributed by atoms with Gasteiger partial charge >= 0.3 is 0 Å². The summed E-state index contributed by atoms with van der Waals surface area (Å²) in [5.41, 5.74) is 4.10. The summed E-state index contributed by atoms with van der Waals surface area (Å²) in [6, 6.07) is 22.9. The number of carbonyl (C=O) groups is 3. The molecule has 328 valence electrons. The Hall–Kier alpha value is -2.91. The molecule has 4 fully saturated rings. The van der Waals surface area contributed by atoms with Gasteiger partial charge in [0.15, 0.2) is 17.3 Å². The van der Waals surface area contributed by atoms with E-state index >= 15 is 0 Å². The molecule has 1 aliphatic carbocycles. The van der Waals surface area contributed by atoms with Crippen LogP contribution in [0, 0.1) is 0 Å². The molecule has 0 radical (unpaired) electrons. The molecular weight excluding hydrogens is 795 g/mol. The van der Waals surface area contributed by atoms with Crippen molar-refractivity contribution in [2.45, 2.75) is 94.5 Å². The highest BCUT2D eigenvalue weighted by molar-refractivity contribution is 7.79. The lowest BCUT2D eigenvalue weighted by atomic mass is 9.75. The van der Waals surface area contributed by atoms with Crippen molar-refractivity contribution in [2.24, 2.45) is 0 Å². The molecule has 3 saturated heterocycles. The fourth-order valence-corrected chi connectivity index (χ4v) is 9.03. The zero-order valence-corrected chi connectivity index (χ0v) is 38.0. The van der Waals surface area contributed by atoms with E-state index in [0.717, 1.165) is 106 Å². The highest BCUT2D eigenvalue weighted by Gasteiger charge is 2.45. The minimum absolute atomic E-state index is 0.00132. The van der Waals surface area contributed by atoms with E-state index in [-0.39, 0.29) is 23.7 Å². The topological polar surface area (TPSA) is 109 Å². The molecule has 12 heteroatoms. The van der Waals surface area contributed by atoms with Crippen molar-refractivity contribution in [1.29, 1.82) is 0 Å². The highest BCUT2D eigenvalue weighted by atomic mass is 32.1. The Balaban J connectivity index is 0.000000171. The molecule has 1 saturated carbocycles. The van der Waals surface area contributed by atoms with Crippen molar-refractivity contribution in [3.05, 3.63) is 106 Å². The van der Waals surface area contributed by atoms with Crippen molar-refractivity contribution in [3.63, 3.8) is 0 Å². The average Bonchev–Trinajstić information content (AvgIpc) is 3.32. The number of hydrogen-bond donors (Lipinski definition) is 3. The normalized spacial score (nSPS) is 19.2. The molecule has 3 aliphatic heterocycles. The fraction of sp³-hybridized carbons (Fsp3) is 0.562. The zero-order valence-electron chi connectivity index (χ0n) is 36.2. The van der Waals surface area contributed by atoms with Gasteiger partial charge in [-0.3, -0.25) is 29.1 Å². The highest BCUT2D eigenvalue weighted by Crippen LogP contribution is 2.37. The maximum atomic E-state index is 13.3. The van der Waals surface area contributed by atoms with Gasteiger partial charge in [-0.15, -0.1) is 0 Å². The molecule has 0 spiro atoms. The van der Waals surface area contributed by atoms with E-state index in [1.54, 1.807) is 24.3 Å². The van der Waals surface area contributed by atoms with Gasteiger partial charge < -0.3 is 19.3 Å². The summed E-state index contributed by atoms with van der Waals surface area (Å²) in [7, 11) is 0. The van der Waals surface area contributed by atoms with Crippen molar-refractivity contribution < 1.29 is 33.7 Å². The molecule has 4 aliphatic rings. The van der Waals surface area contributed by atoms with Crippen LogP contribution in [0.2, 0.25) is 0 Å². The second-order valence-corrected chi connectivity index (χ2v) is 17.7. The van der Waals surface area contributed by atoms with Crippen LogP contribution in [-0.4, -0.2) is 133 Å². The quantitative estimate of drug-likeness (QED) is 0.128. The van der Waals surface area contributed by atoms with Gasteiger partial charge in [-0.2, -0.15) is 25.3 Å². The Labute approximate surface area is 369 Å². The molecule has 0 amide bonds. The minimum Gasteiger partial charge on any atom is -0.392 e. The fourth-order valence-electron chi connectivity index (χ4n) is 8.61. The van der Waals surface area contributed by atoms with E-state index in [0.29, 0.717) is 49.3 Å². The second-order valence-electron chi connectivity index (χ2n) is 17.1. The third-order valence-electron chi connectivity index (χ3n) is 12.6. The number of carbonyl (C=O) groups excluding carboxylic acids is 3. The predicted molar refractivity (Wildman–Crippen MR) is 245 cm³/mol. The van der Waals surface area contributed by atoms with Crippen LogP contribution in [0.4, 0.5) is 0 Å². The van der Waals surface area contributed by atoms with E-state index in [4.69, 9.17) is 19.3 Å². The van der Waals surface area contributed by atoms with Gasteiger partial charge in [0.05, 0.1) is 62.9 Å². The largest absolute Gasteiger partial charge is 0.392 e. The molecule has 0 atom stereocenters. The smallest absolute Gasteiger partial charge is 0.183 e. The van der Waals surface area contributed by atoms with Crippen LogP contribution in [0.15, 0.2) is 72.8 Å². The minimum atomic E-state index is -0.523. The first-order valence-electron chi connectivity index (χ1n) is 21.6. The Kier molecular flexibility index (Phi) is 18.4. The van der Waals surface area contributed by atoms with E-state index in [2.05, 4.69) is 40.0 Å². The summed E-state index contributed by atoms with van der Waals surface area (Å²) >= 11 is 8.52. The van der Waals surface area contributed by atoms with Gasteiger partial charge in [0.25, 0.3) is 0 Å². The molecule has 0 unspecified atom stereocenters. The molecule has 1 N–H and O–H groups in total. The van der Waals surface area contributed by atoms with Crippen LogP contribution >= 0.6 is 25.3 Å². The Morgan fingerprint density at radius 3 is 1.27 bits per heavy atom. The molecule has 3 aromatic rings. The lowest BCUT2D eigenvalue weighted by Gasteiger charge is -2.46. The first-order valence-corrected chi connectivity index (χ1v) is 22.9. The van der Waals surface area contributed by atoms with Gasteiger partial charge in [-0.05, 0) is 57.2 Å². The number of aliphatic hydroxyl groups excluding tert-OH is 1. The second kappa shape index (κ2) is 23.0. The van der Waals surface area contributed by atoms with Crippen molar-refractivity contribution in [3.8, 4) is 0 Å². The molecule has 0 aromatic heterocycles. The summed E-state index contributed by atoms with van der Waals surface area (Å²) in [5, 5.41) is 9.02. The summed E-state index contributed by atoms with van der Waals surface area (Å²) in [6.07, 6.45) is 5.52. The van der Waals surface area contributed by atoms with Crippen LogP contribution < -0.4 is 0 Å². The Bertz CT molecular complexity index is 1710. The third-order valence-corrected chi connectivity index (χ3v) is 13.4. The first-order chi connectivity index (χ1) is 28.9. The maximum absolute atomic E-state index is 13.3. The summed E-state index contributed by atoms with van der Waals surface area (Å²) in [6.45, 7) is 17.1. The van der Waals surface area contributed by atoms with Gasteiger partial charge in [0.2, 0.25) is 0 Å². The van der Waals surface area contributed by atoms with E-state index in [1.807, 2.05) is 76.2 Å². The molecular formula is C48H67N3O7S2. The van der Waals surface area contributed by atoms with Crippen molar-refractivity contribution >= 4 is 42.6 Å². The van der Waals surface area contributed by atoms with E-state index < -0.39 is 11.1 Å². The maximum Gasteiger partial charge on any atom is 0.183 e. The van der Waals surface area contributed by atoms with E-state index in [1.165, 1.54) is 6.42 Å². The molecule has 3 heterocycles. The number of hydrogen-bond acceptors (Lipinski definition) is 12. The Morgan fingerprint density at radius 1 is 0.550 bits per heavy atom. The predicted octanol–water partition coefficient (Wildman–Crippen LogP) is 7.22. The number of benzene rings is 3. The van der Waals surface area contributed by atoms with Gasteiger partial charge in [0, 0.05) is 67.5 Å². The average molecular weight is 862 g/mol. The first kappa shape index (κ1) is 48.1. The lowest BCUT2D eigenvalue weighted by Crippen LogP contribution is -2.59. The molecule has 10 nitrogen and oxygen atoms in total. The SMILES string of the molecule is CC(C)(C(=O)c1ccc(CO)cc1)N1CCOCC1.CC(C)(C(=O)c1ccc(CS)cc1)N1CCOCC1.O=C(c1ccc(CS)cc1)C1(N2CCOCC2)CCCCC1. The molecule has 0 bridgehead atoms. The number of ketones is 3. The van der Waals surface area contributed by atoms with Crippen LogP contribution in [0.25, 0.3) is 0 Å². The number of ether oxygens (including phenoxy) is 3. The number of nitrogens with zero attached hydrogens (tertiary/aromatic N) is 3. The lowest BCUT2D eigenvalue weighted by molar-refractivity contribution is -0.0264. The van der Waals surface area contributed by atoms with Crippen molar-refractivity contribution in [1.82, 2.24) is 14.7 Å². The monoisotopic (exact) mass is 861 g/mol. The Morgan fingerprint density at radius 2 is 0.900 bits per heavy atom.